The van der Waals surface area contributed by atoms with Gasteiger partial charge in [0.1, 0.15) is 5.01 Å². The van der Waals surface area contributed by atoms with Gasteiger partial charge < -0.3 is 5.32 Å². The van der Waals surface area contributed by atoms with E-state index < -0.39 is 0 Å². The molecule has 1 heterocycles. The molecule has 0 amide bonds. The van der Waals surface area contributed by atoms with E-state index in [4.69, 9.17) is 0 Å². The second-order valence-electron chi connectivity index (χ2n) is 5.40. The van der Waals surface area contributed by atoms with Gasteiger partial charge in [-0.25, -0.2) is 4.98 Å². The zero-order chi connectivity index (χ0) is 11.8. The molecule has 0 bridgehead atoms. The van der Waals surface area contributed by atoms with Crippen LogP contribution in [0.2, 0.25) is 0 Å². The minimum atomic E-state index is 0.0161. The van der Waals surface area contributed by atoms with Gasteiger partial charge in [0.15, 0.2) is 0 Å². The average molecular weight is 238 g/mol. The van der Waals surface area contributed by atoms with Crippen molar-refractivity contribution in [1.29, 1.82) is 0 Å². The highest BCUT2D eigenvalue weighted by Gasteiger charge is 2.35. The number of nitrogens with zero attached hydrogens (tertiary/aromatic N) is 1. The van der Waals surface area contributed by atoms with Crippen molar-refractivity contribution >= 4 is 11.3 Å². The van der Waals surface area contributed by atoms with Gasteiger partial charge in [0.05, 0.1) is 5.54 Å². The molecule has 1 saturated carbocycles. The van der Waals surface area contributed by atoms with Crippen LogP contribution in [0.25, 0.3) is 0 Å². The van der Waals surface area contributed by atoms with E-state index in [0.717, 1.165) is 5.92 Å². The fourth-order valence-electron chi connectivity index (χ4n) is 2.22. The van der Waals surface area contributed by atoms with Crippen molar-refractivity contribution in [3.05, 3.63) is 16.1 Å². The van der Waals surface area contributed by atoms with Gasteiger partial charge in [-0.2, -0.15) is 0 Å². The summed E-state index contributed by atoms with van der Waals surface area (Å²) in [5.41, 5.74) is 0.0161. The Morgan fingerprint density at radius 2 is 2.25 bits per heavy atom. The minimum absolute atomic E-state index is 0.0161. The summed E-state index contributed by atoms with van der Waals surface area (Å²) in [6.07, 6.45) is 6.00. The summed E-state index contributed by atoms with van der Waals surface area (Å²) in [6.45, 7) is 8.89. The monoisotopic (exact) mass is 238 g/mol. The molecule has 2 nitrogen and oxygen atoms in total. The maximum absolute atomic E-state index is 4.51. The first-order valence-electron chi connectivity index (χ1n) is 6.23. The predicted octanol–water partition coefficient (Wildman–Crippen LogP) is 3.46. The van der Waals surface area contributed by atoms with Crippen LogP contribution in [-0.4, -0.2) is 11.0 Å². The topological polar surface area (TPSA) is 24.9 Å². The zero-order valence-corrected chi connectivity index (χ0v) is 11.5. The molecule has 0 aliphatic heterocycles. The van der Waals surface area contributed by atoms with Crippen LogP contribution in [0.5, 0.6) is 0 Å². The molecule has 1 aromatic rings. The first-order valence-corrected chi connectivity index (χ1v) is 7.05. The maximum Gasteiger partial charge on any atom is 0.112 e. The van der Waals surface area contributed by atoms with Crippen molar-refractivity contribution in [3.8, 4) is 0 Å². The van der Waals surface area contributed by atoms with Crippen LogP contribution >= 0.6 is 11.3 Å². The van der Waals surface area contributed by atoms with Crippen LogP contribution in [0.4, 0.5) is 0 Å². The lowest BCUT2D eigenvalue weighted by atomic mass is 10.0. The summed E-state index contributed by atoms with van der Waals surface area (Å²) in [6, 6.07) is 0.666. The van der Waals surface area contributed by atoms with E-state index in [0.29, 0.717) is 6.04 Å². The Labute approximate surface area is 102 Å². The van der Waals surface area contributed by atoms with E-state index >= 15 is 0 Å². The summed E-state index contributed by atoms with van der Waals surface area (Å²) in [7, 11) is 0. The first kappa shape index (κ1) is 12.1. The van der Waals surface area contributed by atoms with Gasteiger partial charge in [0.25, 0.3) is 0 Å². The largest absolute Gasteiger partial charge is 0.303 e. The van der Waals surface area contributed by atoms with Gasteiger partial charge in [-0.05, 0) is 46.0 Å². The van der Waals surface area contributed by atoms with Crippen molar-refractivity contribution in [2.45, 2.75) is 58.5 Å². The number of hydrogen-bond acceptors (Lipinski definition) is 3. The predicted molar refractivity (Wildman–Crippen MR) is 69.8 cm³/mol. The molecule has 1 aromatic heterocycles. The zero-order valence-electron chi connectivity index (χ0n) is 10.7. The Morgan fingerprint density at radius 3 is 2.69 bits per heavy atom. The van der Waals surface area contributed by atoms with Crippen LogP contribution in [-0.2, 0) is 5.54 Å². The number of nitrogens with one attached hydrogen (secondary N) is 1. The highest BCUT2D eigenvalue weighted by atomic mass is 32.1. The van der Waals surface area contributed by atoms with Crippen LogP contribution in [0.15, 0.2) is 6.20 Å². The molecule has 0 spiro atoms. The average Bonchev–Trinajstić information content (AvgIpc) is 2.97. The molecule has 1 unspecified atom stereocenters. The molecule has 1 aliphatic rings. The molecule has 1 N–H and O–H groups in total. The van der Waals surface area contributed by atoms with Gasteiger partial charge in [-0.3, -0.25) is 0 Å². The Morgan fingerprint density at radius 1 is 1.56 bits per heavy atom. The fourth-order valence-corrected chi connectivity index (χ4v) is 3.05. The molecule has 16 heavy (non-hydrogen) atoms. The number of aryl methyl sites for hydroxylation is 1. The quantitative estimate of drug-likeness (QED) is 0.849. The van der Waals surface area contributed by atoms with Gasteiger partial charge in [-0.15, -0.1) is 11.3 Å². The third-order valence-electron chi connectivity index (χ3n) is 3.33. The van der Waals surface area contributed by atoms with Gasteiger partial charge in [0.2, 0.25) is 0 Å². The van der Waals surface area contributed by atoms with Gasteiger partial charge >= 0.3 is 0 Å². The van der Waals surface area contributed by atoms with Crippen LogP contribution in [0, 0.1) is 12.8 Å². The molecule has 90 valence electrons. The van der Waals surface area contributed by atoms with E-state index in [1.807, 2.05) is 6.20 Å². The Hall–Kier alpha value is -0.410. The molecule has 0 radical (unpaired) electrons. The molecule has 1 aliphatic carbocycles. The standard InChI is InChI=1S/C13H22N2S/c1-5-11(10-6-7-10)15-13(3,4)12-14-8-9(2)16-12/h8,10-11,15H,5-7H2,1-4H3. The summed E-state index contributed by atoms with van der Waals surface area (Å²) < 4.78 is 0. The first-order chi connectivity index (χ1) is 7.53. The number of thiazole rings is 1. The van der Waals surface area contributed by atoms with Crippen molar-refractivity contribution < 1.29 is 0 Å². The smallest absolute Gasteiger partial charge is 0.112 e. The second kappa shape index (κ2) is 4.46. The molecule has 2 rings (SSSR count). The normalized spacial score (nSPS) is 18.8. The van der Waals surface area contributed by atoms with Crippen molar-refractivity contribution in [2.24, 2.45) is 5.92 Å². The Balaban J connectivity index is 2.06. The van der Waals surface area contributed by atoms with Crippen LogP contribution in [0.1, 0.15) is 49.9 Å². The van der Waals surface area contributed by atoms with Crippen molar-refractivity contribution in [3.63, 3.8) is 0 Å². The lowest BCUT2D eigenvalue weighted by molar-refractivity contribution is 0.310. The van der Waals surface area contributed by atoms with Crippen LogP contribution < -0.4 is 5.32 Å². The molecule has 0 saturated heterocycles. The molecule has 1 atom stereocenters. The van der Waals surface area contributed by atoms with Gasteiger partial charge in [0, 0.05) is 17.1 Å². The lowest BCUT2D eigenvalue weighted by Gasteiger charge is -2.30. The fraction of sp³-hybridized carbons (Fsp3) is 0.769. The lowest BCUT2D eigenvalue weighted by Crippen LogP contribution is -2.44. The van der Waals surface area contributed by atoms with Crippen molar-refractivity contribution in [2.75, 3.05) is 0 Å². The molecule has 1 fully saturated rings. The summed E-state index contributed by atoms with van der Waals surface area (Å²) >= 11 is 1.81. The van der Waals surface area contributed by atoms with Crippen LogP contribution in [0.3, 0.4) is 0 Å². The van der Waals surface area contributed by atoms with E-state index in [-0.39, 0.29) is 5.54 Å². The third-order valence-corrected chi connectivity index (χ3v) is 4.57. The molecule has 0 aromatic carbocycles. The summed E-state index contributed by atoms with van der Waals surface area (Å²) in [5, 5.41) is 4.99. The summed E-state index contributed by atoms with van der Waals surface area (Å²) in [5.74, 6) is 0.908. The molecular formula is C13H22N2S. The Bertz CT molecular complexity index is 353. The molecule has 3 heteroatoms. The van der Waals surface area contributed by atoms with E-state index in [2.05, 4.69) is 38.0 Å². The summed E-state index contributed by atoms with van der Waals surface area (Å²) in [4.78, 5) is 5.81. The number of hydrogen-bond donors (Lipinski definition) is 1. The van der Waals surface area contributed by atoms with E-state index in [1.54, 1.807) is 11.3 Å². The van der Waals surface area contributed by atoms with E-state index in [1.165, 1.54) is 29.1 Å². The molecular weight excluding hydrogens is 216 g/mol. The van der Waals surface area contributed by atoms with E-state index in [9.17, 15) is 0 Å². The SMILES string of the molecule is CCC(NC(C)(C)c1ncc(C)s1)C1CC1. The van der Waals surface area contributed by atoms with Crippen molar-refractivity contribution in [1.82, 2.24) is 10.3 Å². The highest BCUT2D eigenvalue weighted by Crippen LogP contribution is 2.36. The number of rotatable bonds is 5. The third kappa shape index (κ3) is 2.64. The minimum Gasteiger partial charge on any atom is -0.303 e. The maximum atomic E-state index is 4.51. The number of aromatic nitrogens is 1. The Kier molecular flexibility index (Phi) is 3.36. The highest BCUT2D eigenvalue weighted by molar-refractivity contribution is 7.11. The second-order valence-corrected chi connectivity index (χ2v) is 6.63. The van der Waals surface area contributed by atoms with Gasteiger partial charge in [-0.1, -0.05) is 6.92 Å².